The highest BCUT2D eigenvalue weighted by atomic mass is 19.1. The molecule has 0 radical (unpaired) electrons. The van der Waals surface area contributed by atoms with Crippen LogP contribution in [0.3, 0.4) is 0 Å². The molecule has 1 heterocycles. The smallest absolute Gasteiger partial charge is 0.183 e. The van der Waals surface area contributed by atoms with Crippen LogP contribution in [0.25, 0.3) is 0 Å². The minimum atomic E-state index is -0.406. The van der Waals surface area contributed by atoms with Gasteiger partial charge in [0.1, 0.15) is 5.82 Å². The third-order valence-electron chi connectivity index (χ3n) is 6.85. The van der Waals surface area contributed by atoms with Crippen LogP contribution in [0.1, 0.15) is 95.5 Å². The molecule has 0 amide bonds. The Kier molecular flexibility index (Phi) is 8.79. The molecule has 0 spiro atoms. The average Bonchev–Trinajstić information content (AvgIpc) is 2.74. The van der Waals surface area contributed by atoms with Gasteiger partial charge in [0.25, 0.3) is 0 Å². The zero-order valence-electron chi connectivity index (χ0n) is 17.9. The van der Waals surface area contributed by atoms with Gasteiger partial charge in [-0.1, -0.05) is 70.9 Å². The lowest BCUT2D eigenvalue weighted by molar-refractivity contribution is -0.214. The summed E-state index contributed by atoms with van der Waals surface area (Å²) in [4.78, 5) is 0. The fraction of sp³-hybridized carbons (Fsp3) is 0.760. The van der Waals surface area contributed by atoms with Crippen molar-refractivity contribution < 1.29 is 13.9 Å². The van der Waals surface area contributed by atoms with Crippen molar-refractivity contribution >= 4 is 0 Å². The van der Waals surface area contributed by atoms with E-state index < -0.39 is 6.29 Å². The molecule has 1 saturated heterocycles. The molecule has 3 rings (SSSR count). The number of benzene rings is 1. The number of ether oxygens (including phenoxy) is 2. The van der Waals surface area contributed by atoms with Gasteiger partial charge in [0.2, 0.25) is 0 Å². The van der Waals surface area contributed by atoms with Crippen molar-refractivity contribution in [2.45, 2.75) is 90.8 Å². The largest absolute Gasteiger partial charge is 0.348 e. The topological polar surface area (TPSA) is 18.5 Å². The minimum absolute atomic E-state index is 0.123. The van der Waals surface area contributed by atoms with Crippen molar-refractivity contribution in [2.24, 2.45) is 17.8 Å². The molecule has 2 nitrogen and oxygen atoms in total. The summed E-state index contributed by atoms with van der Waals surface area (Å²) in [5, 5.41) is 0. The van der Waals surface area contributed by atoms with Crippen LogP contribution in [0.5, 0.6) is 0 Å². The first-order chi connectivity index (χ1) is 13.7. The molecule has 28 heavy (non-hydrogen) atoms. The number of unbranched alkanes of at least 4 members (excludes halogenated alkanes) is 3. The Morgan fingerprint density at radius 1 is 0.893 bits per heavy atom. The zero-order chi connectivity index (χ0) is 19.8. The second-order valence-corrected chi connectivity index (χ2v) is 8.99. The zero-order valence-corrected chi connectivity index (χ0v) is 17.9. The predicted octanol–water partition coefficient (Wildman–Crippen LogP) is 7.22. The van der Waals surface area contributed by atoms with Gasteiger partial charge >= 0.3 is 0 Å². The first kappa shape index (κ1) is 21.8. The van der Waals surface area contributed by atoms with E-state index in [1.54, 1.807) is 6.07 Å². The molecule has 0 unspecified atom stereocenters. The third kappa shape index (κ3) is 6.03. The summed E-state index contributed by atoms with van der Waals surface area (Å²) in [6.07, 6.45) is 13.4. The molecule has 2 fully saturated rings. The van der Waals surface area contributed by atoms with Gasteiger partial charge in [0, 0.05) is 11.5 Å². The van der Waals surface area contributed by atoms with Crippen molar-refractivity contribution in [1.82, 2.24) is 0 Å². The van der Waals surface area contributed by atoms with E-state index in [0.717, 1.165) is 55.4 Å². The van der Waals surface area contributed by atoms with E-state index >= 15 is 0 Å². The van der Waals surface area contributed by atoms with Gasteiger partial charge in [-0.2, -0.15) is 0 Å². The first-order valence-corrected chi connectivity index (χ1v) is 11.7. The molecule has 3 heteroatoms. The monoisotopic (exact) mass is 390 g/mol. The Balaban J connectivity index is 1.43. The maximum Gasteiger partial charge on any atom is 0.183 e. The van der Waals surface area contributed by atoms with Gasteiger partial charge in [-0.05, 0) is 49.1 Å². The van der Waals surface area contributed by atoms with Crippen LogP contribution >= 0.6 is 0 Å². The Labute approximate surface area is 171 Å². The first-order valence-electron chi connectivity index (χ1n) is 11.7. The van der Waals surface area contributed by atoms with Crippen LogP contribution in [-0.4, -0.2) is 13.2 Å². The van der Waals surface area contributed by atoms with Crippen LogP contribution in [-0.2, 0) is 15.9 Å². The molecule has 1 aromatic rings. The molecule has 0 aromatic heterocycles. The molecule has 1 aromatic carbocycles. The molecule has 1 aliphatic carbocycles. The molecule has 0 N–H and O–H groups in total. The Morgan fingerprint density at radius 3 is 2.25 bits per heavy atom. The summed E-state index contributed by atoms with van der Waals surface area (Å²) in [6.45, 7) is 5.90. The van der Waals surface area contributed by atoms with Crippen LogP contribution < -0.4 is 0 Å². The van der Waals surface area contributed by atoms with Crippen LogP contribution in [0, 0.1) is 23.6 Å². The van der Waals surface area contributed by atoms with Gasteiger partial charge in [-0.15, -0.1) is 0 Å². The highest BCUT2D eigenvalue weighted by Crippen LogP contribution is 2.38. The van der Waals surface area contributed by atoms with Gasteiger partial charge in [0.15, 0.2) is 6.29 Å². The summed E-state index contributed by atoms with van der Waals surface area (Å²) in [7, 11) is 0. The number of halogens is 1. The van der Waals surface area contributed by atoms with Crippen molar-refractivity contribution in [3.63, 3.8) is 0 Å². The van der Waals surface area contributed by atoms with E-state index in [9.17, 15) is 4.39 Å². The van der Waals surface area contributed by atoms with Gasteiger partial charge in [-0.3, -0.25) is 0 Å². The lowest BCUT2D eigenvalue weighted by Crippen LogP contribution is -2.34. The number of hydrogen-bond donors (Lipinski definition) is 0. The summed E-state index contributed by atoms with van der Waals surface area (Å²) >= 11 is 0. The lowest BCUT2D eigenvalue weighted by Gasteiger charge is -2.38. The fourth-order valence-electron chi connectivity index (χ4n) is 4.89. The maximum absolute atomic E-state index is 14.3. The van der Waals surface area contributed by atoms with E-state index in [-0.39, 0.29) is 5.82 Å². The van der Waals surface area contributed by atoms with Crippen molar-refractivity contribution in [3.8, 4) is 0 Å². The standard InChI is InChI=1S/C25H39FO2/c1-3-5-7-8-19-10-12-20(13-11-19)23-17-27-25(28-18-23)22-15-14-21(9-6-4-2)24(26)16-22/h14-16,19-20,23,25H,3-13,17-18H2,1-2H3. The van der Waals surface area contributed by atoms with Crippen molar-refractivity contribution in [1.29, 1.82) is 0 Å². The number of rotatable bonds is 9. The lowest BCUT2D eigenvalue weighted by atomic mass is 9.74. The quantitative estimate of drug-likeness (QED) is 0.414. The molecule has 0 atom stereocenters. The normalized spacial score (nSPS) is 28.4. The summed E-state index contributed by atoms with van der Waals surface area (Å²) in [5.41, 5.74) is 1.62. The highest BCUT2D eigenvalue weighted by molar-refractivity contribution is 5.25. The highest BCUT2D eigenvalue weighted by Gasteiger charge is 2.32. The molecule has 2 aliphatic rings. The Morgan fingerprint density at radius 2 is 1.61 bits per heavy atom. The van der Waals surface area contributed by atoms with Crippen LogP contribution in [0.2, 0.25) is 0 Å². The second-order valence-electron chi connectivity index (χ2n) is 8.99. The average molecular weight is 391 g/mol. The van der Waals surface area contributed by atoms with E-state index in [1.807, 2.05) is 12.1 Å². The van der Waals surface area contributed by atoms with Gasteiger partial charge in [-0.25, -0.2) is 4.39 Å². The van der Waals surface area contributed by atoms with Crippen LogP contribution in [0.4, 0.5) is 4.39 Å². The second kappa shape index (κ2) is 11.3. The minimum Gasteiger partial charge on any atom is -0.348 e. The maximum atomic E-state index is 14.3. The molecule has 1 saturated carbocycles. The number of aryl methyl sites for hydroxylation is 1. The molecular formula is C25H39FO2. The Hall–Kier alpha value is -0.930. The van der Waals surface area contributed by atoms with E-state index in [0.29, 0.717) is 5.92 Å². The fourth-order valence-corrected chi connectivity index (χ4v) is 4.89. The van der Waals surface area contributed by atoms with Crippen molar-refractivity contribution in [3.05, 3.63) is 35.1 Å². The Bertz CT molecular complexity index is 572. The van der Waals surface area contributed by atoms with Gasteiger partial charge < -0.3 is 9.47 Å². The predicted molar refractivity (Wildman–Crippen MR) is 113 cm³/mol. The molecule has 0 bridgehead atoms. The van der Waals surface area contributed by atoms with E-state index in [1.165, 1.54) is 51.4 Å². The van der Waals surface area contributed by atoms with Crippen molar-refractivity contribution in [2.75, 3.05) is 13.2 Å². The molecule has 1 aliphatic heterocycles. The number of hydrogen-bond acceptors (Lipinski definition) is 2. The van der Waals surface area contributed by atoms with E-state index in [2.05, 4.69) is 13.8 Å². The summed E-state index contributed by atoms with van der Waals surface area (Å²) < 4.78 is 26.4. The van der Waals surface area contributed by atoms with E-state index in [4.69, 9.17) is 9.47 Å². The molecule has 158 valence electrons. The summed E-state index contributed by atoms with van der Waals surface area (Å²) in [5.74, 6) is 2.05. The van der Waals surface area contributed by atoms with Gasteiger partial charge in [0.05, 0.1) is 13.2 Å². The third-order valence-corrected chi connectivity index (χ3v) is 6.85. The van der Waals surface area contributed by atoms with Crippen LogP contribution in [0.15, 0.2) is 18.2 Å². The molecular weight excluding hydrogens is 351 g/mol. The summed E-state index contributed by atoms with van der Waals surface area (Å²) in [6, 6.07) is 5.48. The SMILES string of the molecule is CCCCCC1CCC(C2COC(c3ccc(CCCC)c(F)c3)OC2)CC1.